The molecule has 1 heteroatoms. The van der Waals surface area contributed by atoms with Crippen molar-refractivity contribution < 1.29 is 8.53 Å². The van der Waals surface area contributed by atoms with Crippen molar-refractivity contribution in [3.05, 3.63) is 170 Å². The summed E-state index contributed by atoms with van der Waals surface area (Å²) >= 11 is 0. The second kappa shape index (κ2) is 10.4. The summed E-state index contributed by atoms with van der Waals surface area (Å²) in [7, 11) is 0. The Morgan fingerprint density at radius 1 is 0.356 bits per heavy atom. The Morgan fingerprint density at radius 2 is 0.889 bits per heavy atom. The molecule has 0 aliphatic carbocycles. The lowest BCUT2D eigenvalue weighted by Gasteiger charge is -2.20. The summed E-state index contributed by atoms with van der Waals surface area (Å²) in [5.41, 5.74) is 8.73. The fourth-order valence-electron chi connectivity index (χ4n) is 6.87. The lowest BCUT2D eigenvalue weighted by molar-refractivity contribution is 0.669. The predicted molar refractivity (Wildman–Crippen MR) is 190 cm³/mol. The molecular weight excluding hydrogens is 544 g/mol. The van der Waals surface area contributed by atoms with Crippen LogP contribution in [0.4, 0.5) is 0 Å². The zero-order valence-electron chi connectivity index (χ0n) is 27.3. The third kappa shape index (κ3) is 4.09. The van der Waals surface area contributed by atoms with Gasteiger partial charge in [-0.15, -0.1) is 0 Å². The van der Waals surface area contributed by atoms with Crippen molar-refractivity contribution in [2.75, 3.05) is 0 Å². The molecule has 0 aliphatic heterocycles. The lowest BCUT2D eigenvalue weighted by atomic mass is 9.82. The van der Waals surface area contributed by atoms with Gasteiger partial charge in [-0.05, 0) is 78.7 Å². The highest BCUT2D eigenvalue weighted by atomic mass is 16.3. The van der Waals surface area contributed by atoms with E-state index in [4.69, 9.17) is 5.79 Å². The van der Waals surface area contributed by atoms with Gasteiger partial charge in [-0.1, -0.05) is 152 Å². The molecule has 0 saturated heterocycles. The number of hydrogen-bond donors (Lipinski definition) is 0. The van der Waals surface area contributed by atoms with E-state index in [9.17, 15) is 2.74 Å². The van der Waals surface area contributed by atoms with Crippen LogP contribution in [0.15, 0.2) is 174 Å². The smallest absolute Gasteiger partial charge is 0.136 e. The van der Waals surface area contributed by atoms with Gasteiger partial charge in [0.2, 0.25) is 0 Å². The minimum absolute atomic E-state index is 0.167. The number of benzene rings is 8. The van der Waals surface area contributed by atoms with Gasteiger partial charge in [0.15, 0.2) is 0 Å². The van der Waals surface area contributed by atoms with Crippen LogP contribution >= 0.6 is 0 Å². The van der Waals surface area contributed by atoms with Crippen LogP contribution in [-0.4, -0.2) is 0 Å². The Morgan fingerprint density at radius 3 is 1.56 bits per heavy atom. The van der Waals surface area contributed by atoms with Crippen LogP contribution in [0.3, 0.4) is 0 Å². The van der Waals surface area contributed by atoms with Crippen molar-refractivity contribution in [1.29, 1.82) is 0 Å². The molecule has 1 nitrogen and oxygen atoms in total. The maximum absolute atomic E-state index is 9.54. The number of fused-ring (bicyclic) bond motifs is 5. The summed E-state index contributed by atoms with van der Waals surface area (Å²) in [6, 6.07) is 51.4. The highest BCUT2D eigenvalue weighted by Crippen LogP contribution is 2.50. The van der Waals surface area contributed by atoms with Gasteiger partial charge in [0.05, 0.1) is 4.11 Å². The first kappa shape index (κ1) is 22.6. The van der Waals surface area contributed by atoms with Gasteiger partial charge in [-0.3, -0.25) is 0 Å². The van der Waals surface area contributed by atoms with E-state index in [0.29, 0.717) is 11.1 Å². The highest BCUT2D eigenvalue weighted by Gasteiger charge is 2.23. The van der Waals surface area contributed by atoms with E-state index < -0.39 is 0 Å². The summed E-state index contributed by atoms with van der Waals surface area (Å²) in [4.78, 5) is 0. The summed E-state index contributed by atoms with van der Waals surface area (Å²) < 4.78 is 34.0. The van der Waals surface area contributed by atoms with Gasteiger partial charge < -0.3 is 4.42 Å². The second-order valence-electron chi connectivity index (χ2n) is 11.3. The van der Waals surface area contributed by atoms with Crippen LogP contribution in [0.2, 0.25) is 0 Å². The van der Waals surface area contributed by atoms with E-state index in [1.807, 2.05) is 60.7 Å². The SMILES string of the molecule is [2H]c1cc([2H])c(-c2c3ccccc3c(-c3c(-c4ccccc4)ccc4oc5ccccc5c34)c3ccccc23)c([2H])c1-c1ccccc1. The van der Waals surface area contributed by atoms with Crippen LogP contribution in [0.25, 0.3) is 88.0 Å². The van der Waals surface area contributed by atoms with E-state index in [1.165, 1.54) is 0 Å². The van der Waals surface area contributed by atoms with E-state index in [1.54, 1.807) is 6.07 Å². The number of furan rings is 1. The van der Waals surface area contributed by atoms with Crippen molar-refractivity contribution in [3.63, 3.8) is 0 Å². The quantitative estimate of drug-likeness (QED) is 0.190. The zero-order chi connectivity index (χ0) is 32.4. The molecule has 9 rings (SSSR count). The van der Waals surface area contributed by atoms with Crippen LogP contribution in [0, 0.1) is 0 Å². The third-order valence-electron chi connectivity index (χ3n) is 8.81. The molecule has 0 unspecified atom stereocenters. The molecule has 0 N–H and O–H groups in total. The first-order valence-electron chi connectivity index (χ1n) is 16.7. The maximum atomic E-state index is 9.54. The van der Waals surface area contributed by atoms with Crippen LogP contribution < -0.4 is 0 Å². The predicted octanol–water partition coefficient (Wildman–Crippen LogP) is 12.6. The molecule has 0 saturated carbocycles. The molecule has 0 bridgehead atoms. The van der Waals surface area contributed by atoms with Gasteiger partial charge in [0.25, 0.3) is 0 Å². The fourth-order valence-corrected chi connectivity index (χ4v) is 6.87. The first-order chi connectivity index (χ1) is 23.6. The van der Waals surface area contributed by atoms with Crippen molar-refractivity contribution in [2.45, 2.75) is 0 Å². The minimum atomic E-state index is 0.167. The second-order valence-corrected chi connectivity index (χ2v) is 11.3. The molecule has 1 heterocycles. The molecule has 0 atom stereocenters. The van der Waals surface area contributed by atoms with Crippen LogP contribution in [0.1, 0.15) is 4.11 Å². The van der Waals surface area contributed by atoms with Crippen LogP contribution in [-0.2, 0) is 0 Å². The van der Waals surface area contributed by atoms with Gasteiger partial charge in [0, 0.05) is 16.3 Å². The molecule has 0 aliphatic rings. The van der Waals surface area contributed by atoms with Crippen molar-refractivity contribution in [3.8, 4) is 44.5 Å². The summed E-state index contributed by atoms with van der Waals surface area (Å²) in [6.07, 6.45) is 0. The topological polar surface area (TPSA) is 13.1 Å². The molecule has 45 heavy (non-hydrogen) atoms. The van der Waals surface area contributed by atoms with Crippen molar-refractivity contribution in [2.24, 2.45) is 0 Å². The molecule has 8 aromatic carbocycles. The molecule has 1 aromatic heterocycles. The van der Waals surface area contributed by atoms with Gasteiger partial charge in [-0.2, -0.15) is 0 Å². The van der Waals surface area contributed by atoms with E-state index in [0.717, 1.165) is 76.9 Å². The summed E-state index contributed by atoms with van der Waals surface area (Å²) in [6.45, 7) is 0. The van der Waals surface area contributed by atoms with Gasteiger partial charge >= 0.3 is 0 Å². The molecule has 0 radical (unpaired) electrons. The Labute approximate surface area is 265 Å². The standard InChI is InChI=1S/C44H28O/c1-3-14-29(15-4-1)31-18-13-19-32(28-31)41-34-20-7-9-22-36(34)42(37-23-10-8-21-35(37)41)44-33(30-16-5-2-6-17-30)26-27-40-43(44)38-24-11-12-25-39(38)45-40/h1-28H/i18D,19D,28D. The normalized spacial score (nSPS) is 12.5. The monoisotopic (exact) mass is 575 g/mol. The van der Waals surface area contributed by atoms with Crippen LogP contribution in [0.5, 0.6) is 0 Å². The largest absolute Gasteiger partial charge is 0.456 e. The molecule has 9 aromatic rings. The summed E-state index contributed by atoms with van der Waals surface area (Å²) in [5, 5.41) is 6.06. The maximum Gasteiger partial charge on any atom is 0.136 e. The fraction of sp³-hybridized carbons (Fsp3) is 0. The Balaban J connectivity index is 1.48. The van der Waals surface area contributed by atoms with Crippen molar-refractivity contribution >= 4 is 43.5 Å². The van der Waals surface area contributed by atoms with E-state index >= 15 is 0 Å². The Bertz CT molecular complexity index is 2640. The highest BCUT2D eigenvalue weighted by molar-refractivity contribution is 6.27. The average molecular weight is 576 g/mol. The Kier molecular flexibility index (Phi) is 5.20. The lowest BCUT2D eigenvalue weighted by Crippen LogP contribution is -1.94. The molecule has 0 amide bonds. The van der Waals surface area contributed by atoms with Crippen molar-refractivity contribution in [1.82, 2.24) is 0 Å². The number of para-hydroxylation sites is 1. The van der Waals surface area contributed by atoms with E-state index in [-0.39, 0.29) is 18.1 Å². The minimum Gasteiger partial charge on any atom is -0.456 e. The molecule has 0 fully saturated rings. The molecule has 0 spiro atoms. The molecular formula is C44H28O. The molecule has 210 valence electrons. The first-order valence-corrected chi connectivity index (χ1v) is 15.2. The third-order valence-corrected chi connectivity index (χ3v) is 8.81. The van der Waals surface area contributed by atoms with E-state index in [2.05, 4.69) is 84.9 Å². The number of rotatable bonds is 4. The zero-order valence-corrected chi connectivity index (χ0v) is 24.3. The van der Waals surface area contributed by atoms with Gasteiger partial charge in [-0.25, -0.2) is 0 Å². The number of hydrogen-bond acceptors (Lipinski definition) is 1. The van der Waals surface area contributed by atoms with Gasteiger partial charge in [0.1, 0.15) is 11.2 Å². The average Bonchev–Trinajstić information content (AvgIpc) is 3.51. The Hall–Kier alpha value is -5.92. The summed E-state index contributed by atoms with van der Waals surface area (Å²) in [5.74, 6) is 0.